The molecule has 26 heavy (non-hydrogen) atoms. The molecule has 132 valence electrons. The van der Waals surface area contributed by atoms with E-state index in [1.807, 2.05) is 30.3 Å². The van der Waals surface area contributed by atoms with Crippen molar-refractivity contribution in [2.75, 3.05) is 6.54 Å². The number of H-pyrrole nitrogens is 1. The van der Waals surface area contributed by atoms with Crippen LogP contribution in [0, 0.1) is 5.82 Å². The van der Waals surface area contributed by atoms with Gasteiger partial charge >= 0.3 is 5.97 Å². The van der Waals surface area contributed by atoms with Gasteiger partial charge in [0.1, 0.15) is 19.0 Å². The average molecular weight is 353 g/mol. The van der Waals surface area contributed by atoms with Gasteiger partial charge < -0.3 is 10.1 Å². The van der Waals surface area contributed by atoms with E-state index >= 15 is 0 Å². The summed E-state index contributed by atoms with van der Waals surface area (Å²) in [4.78, 5) is 24.1. The quantitative estimate of drug-likeness (QED) is 0.668. The number of esters is 1. The van der Waals surface area contributed by atoms with E-state index in [0.29, 0.717) is 11.3 Å². The molecule has 0 fully saturated rings. The summed E-state index contributed by atoms with van der Waals surface area (Å²) in [5, 5.41) is 9.05. The molecule has 2 aromatic carbocycles. The van der Waals surface area contributed by atoms with Crippen molar-refractivity contribution in [2.24, 2.45) is 0 Å². The predicted octanol–water partition coefficient (Wildman–Crippen LogP) is 2.69. The molecular weight excluding hydrogens is 337 g/mol. The lowest BCUT2D eigenvalue weighted by Crippen LogP contribution is -2.30. The summed E-state index contributed by atoms with van der Waals surface area (Å²) < 4.78 is 18.1. The van der Waals surface area contributed by atoms with Crippen molar-refractivity contribution >= 4 is 11.9 Å². The van der Waals surface area contributed by atoms with E-state index in [2.05, 4.69) is 15.5 Å². The second kappa shape index (κ2) is 8.06. The zero-order valence-corrected chi connectivity index (χ0v) is 13.7. The Morgan fingerprint density at radius 1 is 1.08 bits per heavy atom. The molecule has 7 heteroatoms. The largest absolute Gasteiger partial charge is 0.460 e. The molecule has 2 N–H and O–H groups in total. The number of aromatic amines is 1. The molecule has 0 atom stereocenters. The van der Waals surface area contributed by atoms with Crippen molar-refractivity contribution in [3.05, 3.63) is 77.7 Å². The van der Waals surface area contributed by atoms with Gasteiger partial charge in [-0.05, 0) is 29.8 Å². The summed E-state index contributed by atoms with van der Waals surface area (Å²) in [6.07, 6.45) is 1.35. The minimum atomic E-state index is -0.547. The molecule has 1 aromatic heterocycles. The highest BCUT2D eigenvalue weighted by atomic mass is 19.1. The van der Waals surface area contributed by atoms with Crippen molar-refractivity contribution in [1.82, 2.24) is 15.5 Å². The Morgan fingerprint density at radius 3 is 2.54 bits per heavy atom. The smallest absolute Gasteiger partial charge is 0.325 e. The second-order valence-corrected chi connectivity index (χ2v) is 5.49. The van der Waals surface area contributed by atoms with Crippen molar-refractivity contribution in [2.45, 2.75) is 6.61 Å². The molecule has 6 nitrogen and oxygen atoms in total. The first-order valence-corrected chi connectivity index (χ1v) is 7.90. The molecule has 0 saturated carbocycles. The van der Waals surface area contributed by atoms with E-state index in [1.54, 1.807) is 0 Å². The summed E-state index contributed by atoms with van der Waals surface area (Å²) in [6, 6.07) is 14.9. The van der Waals surface area contributed by atoms with E-state index < -0.39 is 11.9 Å². The van der Waals surface area contributed by atoms with Crippen LogP contribution in [0.2, 0.25) is 0 Å². The summed E-state index contributed by atoms with van der Waals surface area (Å²) >= 11 is 0. The van der Waals surface area contributed by atoms with Crippen molar-refractivity contribution in [1.29, 1.82) is 0 Å². The number of hydrogen-bond acceptors (Lipinski definition) is 4. The molecule has 0 aliphatic carbocycles. The lowest BCUT2D eigenvalue weighted by Gasteiger charge is -2.07. The van der Waals surface area contributed by atoms with E-state index in [0.717, 1.165) is 5.56 Å². The van der Waals surface area contributed by atoms with Gasteiger partial charge in [-0.2, -0.15) is 5.10 Å². The lowest BCUT2D eigenvalue weighted by atomic mass is 10.1. The molecule has 1 amide bonds. The number of aromatic nitrogens is 2. The molecule has 1 heterocycles. The molecule has 3 aromatic rings. The third kappa shape index (κ3) is 4.32. The number of nitrogens with zero attached hydrogens (tertiary/aromatic N) is 1. The Labute approximate surface area is 149 Å². The van der Waals surface area contributed by atoms with E-state index in [-0.39, 0.29) is 24.5 Å². The fourth-order valence-corrected chi connectivity index (χ4v) is 2.33. The zero-order valence-electron chi connectivity index (χ0n) is 13.7. The number of halogens is 1. The van der Waals surface area contributed by atoms with Gasteiger partial charge in [0.25, 0.3) is 5.91 Å². The molecule has 0 bridgehead atoms. The summed E-state index contributed by atoms with van der Waals surface area (Å²) in [7, 11) is 0. The molecule has 0 unspecified atom stereocenters. The number of amides is 1. The minimum absolute atomic E-state index is 0.141. The van der Waals surface area contributed by atoms with E-state index in [1.165, 1.54) is 30.5 Å². The molecule has 0 saturated heterocycles. The Balaban J connectivity index is 1.56. The molecule has 0 aliphatic rings. The van der Waals surface area contributed by atoms with Gasteiger partial charge in [0.2, 0.25) is 0 Å². The van der Waals surface area contributed by atoms with Crippen LogP contribution in [0.1, 0.15) is 15.9 Å². The highest BCUT2D eigenvalue weighted by Gasteiger charge is 2.16. The Bertz CT molecular complexity index is 892. The van der Waals surface area contributed by atoms with Gasteiger partial charge in [0.05, 0.1) is 17.5 Å². The van der Waals surface area contributed by atoms with Gasteiger partial charge in [-0.15, -0.1) is 0 Å². The Hall–Kier alpha value is -3.48. The van der Waals surface area contributed by atoms with E-state index in [9.17, 15) is 14.0 Å². The molecular formula is C19H16FN3O3. The standard InChI is InChI=1S/C19H16FN3O3/c20-15-8-6-14(7-9-15)18-16(10-22-23-18)19(25)21-11-17(24)26-12-13-4-2-1-3-5-13/h1-10H,11-12H2,(H,21,25)(H,22,23). The monoisotopic (exact) mass is 353 g/mol. The normalized spacial score (nSPS) is 10.3. The lowest BCUT2D eigenvalue weighted by molar-refractivity contribution is -0.143. The highest BCUT2D eigenvalue weighted by molar-refractivity contribution is 6.00. The van der Waals surface area contributed by atoms with Gasteiger partial charge in [-0.3, -0.25) is 14.7 Å². The van der Waals surface area contributed by atoms with Crippen LogP contribution in [-0.4, -0.2) is 28.6 Å². The predicted molar refractivity (Wildman–Crippen MR) is 92.6 cm³/mol. The SMILES string of the molecule is O=C(CNC(=O)c1cn[nH]c1-c1ccc(F)cc1)OCc1ccccc1. The maximum Gasteiger partial charge on any atom is 0.325 e. The van der Waals surface area contributed by atoms with Crippen LogP contribution in [0.25, 0.3) is 11.3 Å². The van der Waals surface area contributed by atoms with Gasteiger partial charge in [-0.1, -0.05) is 30.3 Å². The Morgan fingerprint density at radius 2 is 1.81 bits per heavy atom. The number of hydrogen-bond donors (Lipinski definition) is 2. The molecule has 0 aliphatic heterocycles. The third-order valence-corrected chi connectivity index (χ3v) is 3.65. The van der Waals surface area contributed by atoms with Crippen molar-refractivity contribution < 1.29 is 18.7 Å². The number of nitrogens with one attached hydrogen (secondary N) is 2. The van der Waals surface area contributed by atoms with Crippen molar-refractivity contribution in [3.63, 3.8) is 0 Å². The summed E-state index contributed by atoms with van der Waals surface area (Å²) in [5.41, 5.74) is 2.17. The van der Waals surface area contributed by atoms with Gasteiger partial charge in [0.15, 0.2) is 0 Å². The van der Waals surface area contributed by atoms with Crippen LogP contribution >= 0.6 is 0 Å². The average Bonchev–Trinajstić information content (AvgIpc) is 3.16. The first-order valence-electron chi connectivity index (χ1n) is 7.90. The number of rotatable bonds is 6. The highest BCUT2D eigenvalue weighted by Crippen LogP contribution is 2.21. The summed E-state index contributed by atoms with van der Waals surface area (Å²) in [6.45, 7) is -0.123. The zero-order chi connectivity index (χ0) is 18.4. The summed E-state index contributed by atoms with van der Waals surface area (Å²) in [5.74, 6) is -1.40. The molecule has 3 rings (SSSR count). The van der Waals surface area contributed by atoms with Gasteiger partial charge in [0, 0.05) is 5.56 Å². The first-order chi connectivity index (χ1) is 12.6. The van der Waals surface area contributed by atoms with Crippen LogP contribution in [0.4, 0.5) is 4.39 Å². The topological polar surface area (TPSA) is 84.1 Å². The third-order valence-electron chi connectivity index (χ3n) is 3.65. The Kier molecular flexibility index (Phi) is 5.38. The fourth-order valence-electron chi connectivity index (χ4n) is 2.33. The van der Waals surface area contributed by atoms with Crippen LogP contribution in [-0.2, 0) is 16.1 Å². The number of ether oxygens (including phenoxy) is 1. The van der Waals surface area contributed by atoms with Crippen LogP contribution in [0.3, 0.4) is 0 Å². The number of carbonyl (C=O) groups excluding carboxylic acids is 2. The number of benzene rings is 2. The number of carbonyl (C=O) groups is 2. The molecule has 0 spiro atoms. The van der Waals surface area contributed by atoms with Crippen LogP contribution < -0.4 is 5.32 Å². The first kappa shape index (κ1) is 17.3. The van der Waals surface area contributed by atoms with Gasteiger partial charge in [-0.25, -0.2) is 4.39 Å². The minimum Gasteiger partial charge on any atom is -0.460 e. The van der Waals surface area contributed by atoms with Crippen LogP contribution in [0.15, 0.2) is 60.8 Å². The maximum atomic E-state index is 13.0. The van der Waals surface area contributed by atoms with Crippen molar-refractivity contribution in [3.8, 4) is 11.3 Å². The molecule has 0 radical (unpaired) electrons. The van der Waals surface area contributed by atoms with Crippen LogP contribution in [0.5, 0.6) is 0 Å². The maximum absolute atomic E-state index is 13.0. The van der Waals surface area contributed by atoms with E-state index in [4.69, 9.17) is 4.74 Å². The second-order valence-electron chi connectivity index (χ2n) is 5.49. The fraction of sp³-hybridized carbons (Fsp3) is 0.105.